The van der Waals surface area contributed by atoms with Gasteiger partial charge in [-0.1, -0.05) is 42.5 Å². The number of methoxy groups -OCH3 is 1. The lowest BCUT2D eigenvalue weighted by Crippen LogP contribution is -2.33. The summed E-state index contributed by atoms with van der Waals surface area (Å²) in [6.07, 6.45) is 0.431. The Morgan fingerprint density at radius 3 is 2.36 bits per heavy atom. The van der Waals surface area contributed by atoms with Gasteiger partial charge >= 0.3 is 5.97 Å². The van der Waals surface area contributed by atoms with Crippen LogP contribution in [0.3, 0.4) is 0 Å². The normalized spacial score (nSPS) is 11.8. The Labute approximate surface area is 129 Å². The minimum absolute atomic E-state index is 0.0440. The Morgan fingerprint density at radius 1 is 1.09 bits per heavy atom. The van der Waals surface area contributed by atoms with Crippen LogP contribution in [0.1, 0.15) is 22.8 Å². The number of hydrogen-bond acceptors (Lipinski definition) is 4. The number of ketones is 1. The van der Waals surface area contributed by atoms with E-state index >= 15 is 0 Å². The second-order valence-corrected chi connectivity index (χ2v) is 5.17. The maximum Gasteiger partial charge on any atom is 0.322 e. The average molecular weight is 297 g/mol. The molecule has 0 aliphatic carbocycles. The zero-order valence-electron chi connectivity index (χ0n) is 12.7. The lowest BCUT2D eigenvalue weighted by Gasteiger charge is -2.10. The van der Waals surface area contributed by atoms with Crippen molar-refractivity contribution in [3.8, 4) is 11.1 Å². The molecular formula is C18H19NO3. The monoisotopic (exact) mass is 297 g/mol. The van der Waals surface area contributed by atoms with E-state index in [-0.39, 0.29) is 5.78 Å². The van der Waals surface area contributed by atoms with Gasteiger partial charge in [0.05, 0.1) is 7.11 Å². The van der Waals surface area contributed by atoms with Crippen molar-refractivity contribution in [3.05, 3.63) is 59.7 Å². The molecule has 0 bridgehead atoms. The Balaban J connectivity index is 2.17. The Bertz CT molecular complexity index is 677. The molecule has 2 aromatic rings. The summed E-state index contributed by atoms with van der Waals surface area (Å²) in [6.45, 7) is 1.55. The van der Waals surface area contributed by atoms with Crippen molar-refractivity contribution < 1.29 is 14.3 Å². The molecule has 22 heavy (non-hydrogen) atoms. The van der Waals surface area contributed by atoms with Crippen LogP contribution >= 0.6 is 0 Å². The molecule has 0 saturated carbocycles. The SMILES string of the molecule is COC(=O)[C@@H](N)Cc1ccc(-c2cccc(C(C)=O)c2)cc1. The molecule has 0 unspecified atom stereocenters. The minimum atomic E-state index is -0.656. The molecule has 4 nitrogen and oxygen atoms in total. The van der Waals surface area contributed by atoms with Crippen LogP contribution in [-0.4, -0.2) is 24.9 Å². The Hall–Kier alpha value is -2.46. The number of rotatable bonds is 5. The van der Waals surface area contributed by atoms with Gasteiger partial charge in [0.1, 0.15) is 6.04 Å². The van der Waals surface area contributed by atoms with Crippen molar-refractivity contribution in [1.82, 2.24) is 0 Å². The number of ether oxygens (including phenoxy) is 1. The van der Waals surface area contributed by atoms with Crippen molar-refractivity contribution in [2.24, 2.45) is 5.73 Å². The molecule has 0 heterocycles. The number of hydrogen-bond donors (Lipinski definition) is 1. The number of esters is 1. The minimum Gasteiger partial charge on any atom is -0.468 e. The Kier molecular flexibility index (Phi) is 5.07. The molecule has 2 aromatic carbocycles. The highest BCUT2D eigenvalue weighted by Crippen LogP contribution is 2.21. The Morgan fingerprint density at radius 2 is 1.77 bits per heavy atom. The molecule has 0 aliphatic rings. The zero-order valence-corrected chi connectivity index (χ0v) is 12.7. The van der Waals surface area contributed by atoms with Crippen molar-refractivity contribution >= 4 is 11.8 Å². The third-order valence-electron chi connectivity index (χ3n) is 3.52. The lowest BCUT2D eigenvalue weighted by atomic mass is 9.99. The van der Waals surface area contributed by atoms with Crippen LogP contribution in [0.25, 0.3) is 11.1 Å². The standard InChI is InChI=1S/C18H19NO3/c1-12(20)15-4-3-5-16(11-15)14-8-6-13(7-9-14)10-17(19)18(21)22-2/h3-9,11,17H,10,19H2,1-2H3/t17-/m0/s1. The number of benzene rings is 2. The molecule has 0 spiro atoms. The third kappa shape index (κ3) is 3.80. The van der Waals surface area contributed by atoms with Crippen LogP contribution in [0, 0.1) is 0 Å². The van der Waals surface area contributed by atoms with Gasteiger partial charge in [0.25, 0.3) is 0 Å². The maximum absolute atomic E-state index is 11.4. The lowest BCUT2D eigenvalue weighted by molar-refractivity contribution is -0.142. The second kappa shape index (κ2) is 7.00. The molecule has 114 valence electrons. The third-order valence-corrected chi connectivity index (χ3v) is 3.52. The fourth-order valence-electron chi connectivity index (χ4n) is 2.24. The summed E-state index contributed by atoms with van der Waals surface area (Å²) in [5.74, 6) is -0.374. The first-order valence-corrected chi connectivity index (χ1v) is 7.05. The first kappa shape index (κ1) is 15.9. The first-order chi connectivity index (χ1) is 10.5. The average Bonchev–Trinajstić information content (AvgIpc) is 2.54. The van der Waals surface area contributed by atoms with Crippen LogP contribution in [0.5, 0.6) is 0 Å². The van der Waals surface area contributed by atoms with Gasteiger partial charge in [0, 0.05) is 5.56 Å². The first-order valence-electron chi connectivity index (χ1n) is 7.05. The largest absolute Gasteiger partial charge is 0.468 e. The van der Waals surface area contributed by atoms with Crippen molar-refractivity contribution in [3.63, 3.8) is 0 Å². The van der Waals surface area contributed by atoms with Crippen LogP contribution in [-0.2, 0) is 16.0 Å². The van der Waals surface area contributed by atoms with E-state index in [2.05, 4.69) is 4.74 Å². The quantitative estimate of drug-likeness (QED) is 0.680. The van der Waals surface area contributed by atoms with Gasteiger partial charge in [-0.25, -0.2) is 0 Å². The van der Waals surface area contributed by atoms with E-state index in [4.69, 9.17) is 5.73 Å². The topological polar surface area (TPSA) is 69.4 Å². The van der Waals surface area contributed by atoms with Crippen molar-refractivity contribution in [2.75, 3.05) is 7.11 Å². The van der Waals surface area contributed by atoms with E-state index in [0.29, 0.717) is 12.0 Å². The van der Waals surface area contributed by atoms with Crippen LogP contribution in [0.15, 0.2) is 48.5 Å². The zero-order chi connectivity index (χ0) is 16.1. The van der Waals surface area contributed by atoms with Crippen molar-refractivity contribution in [2.45, 2.75) is 19.4 Å². The maximum atomic E-state index is 11.4. The molecule has 4 heteroatoms. The summed E-state index contributed by atoms with van der Waals surface area (Å²) in [5, 5.41) is 0. The molecule has 0 fully saturated rings. The van der Waals surface area contributed by atoms with Gasteiger partial charge in [0.2, 0.25) is 0 Å². The van der Waals surface area contributed by atoms with E-state index in [0.717, 1.165) is 16.7 Å². The highest BCUT2D eigenvalue weighted by Gasteiger charge is 2.14. The molecule has 0 saturated heterocycles. The number of Topliss-reactive ketones (excluding diaryl/α,β-unsaturated/α-hetero) is 1. The van der Waals surface area contributed by atoms with Gasteiger partial charge in [-0.15, -0.1) is 0 Å². The molecule has 2 N–H and O–H groups in total. The van der Waals surface area contributed by atoms with E-state index in [1.165, 1.54) is 7.11 Å². The summed E-state index contributed by atoms with van der Waals surface area (Å²) in [4.78, 5) is 22.8. The fourth-order valence-corrected chi connectivity index (χ4v) is 2.24. The van der Waals surface area contributed by atoms with Crippen LogP contribution in [0.4, 0.5) is 0 Å². The van der Waals surface area contributed by atoms with E-state index in [1.807, 2.05) is 42.5 Å². The highest BCUT2D eigenvalue weighted by molar-refractivity contribution is 5.95. The summed E-state index contributed by atoms with van der Waals surface area (Å²) in [5.41, 5.74) is 9.40. The summed E-state index contributed by atoms with van der Waals surface area (Å²) in [7, 11) is 1.33. The fraction of sp³-hybridized carbons (Fsp3) is 0.222. The molecule has 0 aliphatic heterocycles. The predicted molar refractivity (Wildman–Crippen MR) is 85.6 cm³/mol. The van der Waals surface area contributed by atoms with Gasteiger partial charge in [0.15, 0.2) is 5.78 Å². The van der Waals surface area contributed by atoms with Crippen molar-refractivity contribution in [1.29, 1.82) is 0 Å². The molecular weight excluding hydrogens is 278 g/mol. The van der Waals surface area contributed by atoms with Gasteiger partial charge in [-0.2, -0.15) is 0 Å². The smallest absolute Gasteiger partial charge is 0.322 e. The number of nitrogens with two attached hydrogens (primary N) is 1. The van der Waals surface area contributed by atoms with Gasteiger partial charge < -0.3 is 10.5 Å². The molecule has 2 rings (SSSR count). The number of carbonyl (C=O) groups excluding carboxylic acids is 2. The van der Waals surface area contributed by atoms with Crippen LogP contribution < -0.4 is 5.73 Å². The molecule has 0 radical (unpaired) electrons. The van der Waals surface area contributed by atoms with E-state index in [9.17, 15) is 9.59 Å². The molecule has 1 atom stereocenters. The number of carbonyl (C=O) groups is 2. The summed E-state index contributed by atoms with van der Waals surface area (Å²) < 4.78 is 4.62. The van der Waals surface area contributed by atoms with E-state index < -0.39 is 12.0 Å². The van der Waals surface area contributed by atoms with Gasteiger partial charge in [-0.3, -0.25) is 9.59 Å². The van der Waals surface area contributed by atoms with E-state index in [1.54, 1.807) is 13.0 Å². The molecule has 0 amide bonds. The predicted octanol–water partition coefficient (Wildman–Crippen LogP) is 2.60. The van der Waals surface area contributed by atoms with Gasteiger partial charge in [-0.05, 0) is 36.1 Å². The summed E-state index contributed by atoms with van der Waals surface area (Å²) >= 11 is 0. The second-order valence-electron chi connectivity index (χ2n) is 5.17. The molecule has 0 aromatic heterocycles. The van der Waals surface area contributed by atoms with Crippen LogP contribution in [0.2, 0.25) is 0 Å². The summed E-state index contributed by atoms with van der Waals surface area (Å²) in [6, 6.07) is 14.6. The highest BCUT2D eigenvalue weighted by atomic mass is 16.5.